The van der Waals surface area contributed by atoms with E-state index in [9.17, 15) is 9.90 Å². The smallest absolute Gasteiger partial charge is 0.226 e. The van der Waals surface area contributed by atoms with Crippen LogP contribution in [0.15, 0.2) is 24.3 Å². The predicted octanol–water partition coefficient (Wildman–Crippen LogP) is 2.33. The van der Waals surface area contributed by atoms with Crippen molar-refractivity contribution in [2.75, 3.05) is 13.6 Å². The molecule has 0 radical (unpaired) electrons. The van der Waals surface area contributed by atoms with Crippen LogP contribution in [0.2, 0.25) is 0 Å². The van der Waals surface area contributed by atoms with Crippen molar-refractivity contribution in [2.45, 2.75) is 38.2 Å². The highest BCUT2D eigenvalue weighted by Crippen LogP contribution is 2.49. The number of hydrogen-bond acceptors (Lipinski definition) is 2. The molecule has 1 aromatic carbocycles. The van der Waals surface area contributed by atoms with E-state index in [1.54, 1.807) is 4.90 Å². The van der Waals surface area contributed by atoms with Gasteiger partial charge in [-0.2, -0.15) is 0 Å². The van der Waals surface area contributed by atoms with E-state index < -0.39 is 0 Å². The van der Waals surface area contributed by atoms with Crippen molar-refractivity contribution < 1.29 is 9.90 Å². The molecule has 0 spiro atoms. The minimum absolute atomic E-state index is 0.118. The third-order valence-corrected chi connectivity index (χ3v) is 4.70. The summed E-state index contributed by atoms with van der Waals surface area (Å²) >= 11 is 0. The lowest BCUT2D eigenvalue weighted by molar-refractivity contribution is -0.132. The first-order chi connectivity index (χ1) is 9.58. The Morgan fingerprint density at radius 2 is 2.10 bits per heavy atom. The monoisotopic (exact) mass is 273 g/mol. The van der Waals surface area contributed by atoms with Crippen LogP contribution in [0.3, 0.4) is 0 Å². The third kappa shape index (κ3) is 2.73. The van der Waals surface area contributed by atoms with Gasteiger partial charge in [0.1, 0.15) is 0 Å². The summed E-state index contributed by atoms with van der Waals surface area (Å²) in [4.78, 5) is 14.1. The lowest BCUT2D eigenvalue weighted by atomic mass is 10.0. The normalized spacial score (nSPS) is 26.1. The zero-order valence-electron chi connectivity index (χ0n) is 12.2. The van der Waals surface area contributed by atoms with E-state index in [0.717, 1.165) is 19.3 Å². The number of aryl methyl sites for hydroxylation is 1. The van der Waals surface area contributed by atoms with Gasteiger partial charge in [-0.1, -0.05) is 24.3 Å². The molecule has 0 heterocycles. The van der Waals surface area contributed by atoms with Gasteiger partial charge in [-0.3, -0.25) is 4.79 Å². The van der Waals surface area contributed by atoms with Crippen molar-refractivity contribution in [3.8, 4) is 0 Å². The van der Waals surface area contributed by atoms with Gasteiger partial charge in [0.25, 0.3) is 0 Å². The van der Waals surface area contributed by atoms with Crippen molar-refractivity contribution in [3.63, 3.8) is 0 Å². The van der Waals surface area contributed by atoms with E-state index >= 15 is 0 Å². The first kappa shape index (κ1) is 13.6. The minimum Gasteiger partial charge on any atom is -0.391 e. The van der Waals surface area contributed by atoms with Crippen LogP contribution in [-0.2, 0) is 4.79 Å². The maximum absolute atomic E-state index is 12.4. The molecule has 3 nitrogen and oxygen atoms in total. The van der Waals surface area contributed by atoms with Gasteiger partial charge in [0.05, 0.1) is 6.10 Å². The molecule has 2 saturated carbocycles. The highest BCUT2D eigenvalue weighted by Gasteiger charge is 2.46. The Kier molecular flexibility index (Phi) is 3.55. The van der Waals surface area contributed by atoms with Gasteiger partial charge in [-0.05, 0) is 49.1 Å². The molecule has 1 amide bonds. The van der Waals surface area contributed by atoms with Crippen molar-refractivity contribution in [1.29, 1.82) is 0 Å². The van der Waals surface area contributed by atoms with Crippen molar-refractivity contribution >= 4 is 5.91 Å². The Morgan fingerprint density at radius 3 is 2.75 bits per heavy atom. The molecular formula is C17H23NO2. The SMILES string of the molecule is Cc1ccccc1[C@@H]1C[C@H]1C(=O)N(C)C[C@H](O)C1CC1. The van der Waals surface area contributed by atoms with Crippen LogP contribution in [0, 0.1) is 18.8 Å². The molecule has 0 aliphatic heterocycles. The Hall–Kier alpha value is -1.35. The van der Waals surface area contributed by atoms with E-state index in [4.69, 9.17) is 0 Å². The van der Waals surface area contributed by atoms with Gasteiger partial charge in [-0.25, -0.2) is 0 Å². The van der Waals surface area contributed by atoms with Gasteiger partial charge >= 0.3 is 0 Å². The van der Waals surface area contributed by atoms with Gasteiger partial charge < -0.3 is 10.0 Å². The molecule has 2 fully saturated rings. The number of carbonyl (C=O) groups is 1. The molecule has 3 heteroatoms. The fourth-order valence-corrected chi connectivity index (χ4v) is 3.10. The lowest BCUT2D eigenvalue weighted by Crippen LogP contribution is -2.36. The van der Waals surface area contributed by atoms with Crippen LogP contribution in [0.5, 0.6) is 0 Å². The number of rotatable bonds is 5. The maximum Gasteiger partial charge on any atom is 0.226 e. The summed E-state index contributed by atoms with van der Waals surface area (Å²) in [5.41, 5.74) is 2.58. The average Bonchev–Trinajstić information content (AvgIpc) is 3.29. The van der Waals surface area contributed by atoms with Crippen LogP contribution in [-0.4, -0.2) is 35.6 Å². The number of carbonyl (C=O) groups excluding carboxylic acids is 1. The molecule has 2 aliphatic carbocycles. The van der Waals surface area contributed by atoms with Gasteiger partial charge in [0.2, 0.25) is 5.91 Å². The van der Waals surface area contributed by atoms with E-state index in [-0.39, 0.29) is 17.9 Å². The molecule has 0 aromatic heterocycles. The van der Waals surface area contributed by atoms with E-state index in [1.165, 1.54) is 11.1 Å². The topological polar surface area (TPSA) is 40.5 Å². The number of aliphatic hydroxyl groups is 1. The average molecular weight is 273 g/mol. The van der Waals surface area contributed by atoms with Crippen molar-refractivity contribution in [2.24, 2.45) is 11.8 Å². The van der Waals surface area contributed by atoms with Crippen LogP contribution in [0.1, 0.15) is 36.3 Å². The number of likely N-dealkylation sites (N-methyl/N-ethyl adjacent to an activating group) is 1. The number of benzene rings is 1. The van der Waals surface area contributed by atoms with Gasteiger partial charge in [-0.15, -0.1) is 0 Å². The fourth-order valence-electron chi connectivity index (χ4n) is 3.10. The molecule has 0 saturated heterocycles. The molecule has 0 unspecified atom stereocenters. The zero-order valence-corrected chi connectivity index (χ0v) is 12.2. The van der Waals surface area contributed by atoms with E-state index in [2.05, 4.69) is 19.1 Å². The van der Waals surface area contributed by atoms with E-state index in [1.807, 2.05) is 19.2 Å². The Balaban J connectivity index is 1.58. The minimum atomic E-state index is -0.334. The number of hydrogen-bond donors (Lipinski definition) is 1. The fraction of sp³-hybridized carbons (Fsp3) is 0.588. The molecular weight excluding hydrogens is 250 g/mol. The molecule has 0 bridgehead atoms. The summed E-state index contributed by atoms with van der Waals surface area (Å²) in [7, 11) is 1.82. The first-order valence-electron chi connectivity index (χ1n) is 7.56. The van der Waals surface area contributed by atoms with Gasteiger partial charge in [0.15, 0.2) is 0 Å². The second-order valence-electron chi connectivity index (χ2n) is 6.43. The van der Waals surface area contributed by atoms with Gasteiger partial charge in [0, 0.05) is 19.5 Å². The van der Waals surface area contributed by atoms with E-state index in [0.29, 0.717) is 18.4 Å². The molecule has 108 valence electrons. The quantitative estimate of drug-likeness (QED) is 0.894. The summed E-state index contributed by atoms with van der Waals surface area (Å²) < 4.78 is 0. The molecule has 20 heavy (non-hydrogen) atoms. The largest absolute Gasteiger partial charge is 0.391 e. The Morgan fingerprint density at radius 1 is 1.40 bits per heavy atom. The molecule has 3 rings (SSSR count). The first-order valence-corrected chi connectivity index (χ1v) is 7.56. The van der Waals surface area contributed by atoms with Crippen LogP contribution in [0.25, 0.3) is 0 Å². The highest BCUT2D eigenvalue weighted by molar-refractivity contribution is 5.83. The van der Waals surface area contributed by atoms with Crippen LogP contribution >= 0.6 is 0 Å². The van der Waals surface area contributed by atoms with Crippen molar-refractivity contribution in [1.82, 2.24) is 4.90 Å². The third-order valence-electron chi connectivity index (χ3n) is 4.70. The number of nitrogens with zero attached hydrogens (tertiary/aromatic N) is 1. The summed E-state index contributed by atoms with van der Waals surface area (Å²) in [6.07, 6.45) is 2.84. The highest BCUT2D eigenvalue weighted by atomic mass is 16.3. The van der Waals surface area contributed by atoms with Crippen molar-refractivity contribution in [3.05, 3.63) is 35.4 Å². The summed E-state index contributed by atoms with van der Waals surface area (Å²) in [5, 5.41) is 9.94. The summed E-state index contributed by atoms with van der Waals surface area (Å²) in [6, 6.07) is 8.32. The number of aliphatic hydroxyl groups excluding tert-OH is 1. The molecule has 2 aliphatic rings. The standard InChI is InChI=1S/C17H23NO2/c1-11-5-3-4-6-13(11)14-9-15(14)17(20)18(2)10-16(19)12-7-8-12/h3-6,12,14-16,19H,7-10H2,1-2H3/t14-,15+,16-/m0/s1. The predicted molar refractivity (Wildman–Crippen MR) is 78.4 cm³/mol. The number of amides is 1. The summed E-state index contributed by atoms with van der Waals surface area (Å²) in [5.74, 6) is 1.12. The Bertz CT molecular complexity index is 509. The molecule has 1 N–H and O–H groups in total. The molecule has 3 atom stereocenters. The van der Waals surface area contributed by atoms with Crippen LogP contribution in [0.4, 0.5) is 0 Å². The second kappa shape index (κ2) is 5.21. The summed E-state index contributed by atoms with van der Waals surface area (Å²) in [6.45, 7) is 2.59. The van der Waals surface area contributed by atoms with Crippen LogP contribution < -0.4 is 0 Å². The molecule has 1 aromatic rings. The lowest BCUT2D eigenvalue weighted by Gasteiger charge is -2.21. The Labute approximate surface area is 120 Å². The second-order valence-corrected chi connectivity index (χ2v) is 6.43. The zero-order chi connectivity index (χ0) is 14.3. The maximum atomic E-state index is 12.4.